The van der Waals surface area contributed by atoms with Crippen LogP contribution in [0, 0.1) is 0 Å². The van der Waals surface area contributed by atoms with Crippen molar-refractivity contribution in [1.82, 2.24) is 19.9 Å². The molecule has 0 aliphatic rings. The fraction of sp³-hybridized carbons (Fsp3) is 0.143. The molecule has 4 rings (SSSR count). The largest absolute Gasteiger partial charge is 0.417 e. The zero-order chi connectivity index (χ0) is 20.4. The number of hydrogen-bond donors (Lipinski definition) is 1. The molecule has 29 heavy (non-hydrogen) atoms. The average Bonchev–Trinajstić information content (AvgIpc) is 3.21. The molecular formula is C21H15F3N4O. The third-order valence-corrected chi connectivity index (χ3v) is 4.60. The number of nitrogens with zero attached hydrogens (tertiary/aromatic N) is 3. The van der Waals surface area contributed by atoms with Crippen molar-refractivity contribution in [3.8, 4) is 11.3 Å². The molecule has 0 saturated carbocycles. The summed E-state index contributed by atoms with van der Waals surface area (Å²) < 4.78 is 37.7. The van der Waals surface area contributed by atoms with Crippen molar-refractivity contribution in [3.63, 3.8) is 0 Å². The molecule has 0 atom stereocenters. The van der Waals surface area contributed by atoms with E-state index in [4.69, 9.17) is 0 Å². The van der Waals surface area contributed by atoms with Crippen LogP contribution in [-0.2, 0) is 12.6 Å². The van der Waals surface area contributed by atoms with Gasteiger partial charge in [0.2, 0.25) is 0 Å². The van der Waals surface area contributed by atoms with E-state index in [9.17, 15) is 18.0 Å². The second kappa shape index (κ2) is 7.46. The van der Waals surface area contributed by atoms with Crippen molar-refractivity contribution in [2.24, 2.45) is 0 Å². The Bertz CT molecular complexity index is 1150. The first-order valence-electron chi connectivity index (χ1n) is 8.86. The number of rotatable bonds is 5. The number of Topliss-reactive ketones (excluding diaryl/α,β-unsaturated/α-hetero) is 1. The average molecular weight is 396 g/mol. The van der Waals surface area contributed by atoms with Crippen LogP contribution in [0.4, 0.5) is 13.2 Å². The van der Waals surface area contributed by atoms with Gasteiger partial charge in [0.1, 0.15) is 17.7 Å². The summed E-state index contributed by atoms with van der Waals surface area (Å²) in [4.78, 5) is 27.4. The number of aryl methyl sites for hydroxylation is 1. The van der Waals surface area contributed by atoms with Crippen LogP contribution in [0.25, 0.3) is 22.3 Å². The monoisotopic (exact) mass is 396 g/mol. The smallest absolute Gasteiger partial charge is 0.346 e. The Kier molecular flexibility index (Phi) is 4.84. The molecule has 0 aliphatic heterocycles. The molecule has 0 aliphatic carbocycles. The third-order valence-electron chi connectivity index (χ3n) is 4.60. The van der Waals surface area contributed by atoms with E-state index < -0.39 is 11.7 Å². The molecule has 1 N–H and O–H groups in total. The molecular weight excluding hydrogens is 381 g/mol. The number of aromatic amines is 1. The fourth-order valence-corrected chi connectivity index (χ4v) is 3.04. The quantitative estimate of drug-likeness (QED) is 0.490. The molecule has 5 nitrogen and oxygen atoms in total. The lowest BCUT2D eigenvalue weighted by Gasteiger charge is -2.07. The minimum atomic E-state index is -4.47. The van der Waals surface area contributed by atoms with E-state index in [0.29, 0.717) is 12.6 Å². The Morgan fingerprint density at radius 2 is 1.76 bits per heavy atom. The summed E-state index contributed by atoms with van der Waals surface area (Å²) in [5.74, 6) is -0.298. The summed E-state index contributed by atoms with van der Waals surface area (Å²) in [7, 11) is 0. The van der Waals surface area contributed by atoms with Crippen LogP contribution in [0.3, 0.4) is 0 Å². The van der Waals surface area contributed by atoms with Gasteiger partial charge in [-0.05, 0) is 30.2 Å². The van der Waals surface area contributed by atoms with E-state index in [1.807, 2.05) is 30.3 Å². The Morgan fingerprint density at radius 1 is 0.966 bits per heavy atom. The number of alkyl halides is 3. The van der Waals surface area contributed by atoms with Crippen LogP contribution >= 0.6 is 0 Å². The SMILES string of the molecule is O=C(CCc1ccc(-c2ncnc3[nH]ccc23)cc1)c1ccc(C(F)(F)F)cn1. The van der Waals surface area contributed by atoms with Gasteiger partial charge in [0.05, 0.1) is 11.3 Å². The van der Waals surface area contributed by atoms with Crippen LogP contribution < -0.4 is 0 Å². The molecule has 0 bridgehead atoms. The van der Waals surface area contributed by atoms with Gasteiger partial charge in [-0.25, -0.2) is 9.97 Å². The Morgan fingerprint density at radius 3 is 2.45 bits per heavy atom. The van der Waals surface area contributed by atoms with E-state index in [1.165, 1.54) is 6.33 Å². The van der Waals surface area contributed by atoms with Crippen LogP contribution in [0.1, 0.15) is 28.0 Å². The number of fused-ring (bicyclic) bond motifs is 1. The van der Waals surface area contributed by atoms with Crippen LogP contribution in [0.2, 0.25) is 0 Å². The number of H-pyrrole nitrogens is 1. The lowest BCUT2D eigenvalue weighted by atomic mass is 10.0. The number of nitrogens with one attached hydrogen (secondary N) is 1. The highest BCUT2D eigenvalue weighted by molar-refractivity contribution is 5.94. The molecule has 4 aromatic rings. The molecule has 0 spiro atoms. The number of carbonyl (C=O) groups excluding carboxylic acids is 1. The first-order chi connectivity index (χ1) is 13.9. The van der Waals surface area contributed by atoms with Gasteiger partial charge < -0.3 is 4.98 Å². The summed E-state index contributed by atoms with van der Waals surface area (Å²) in [6.07, 6.45) is 0.145. The van der Waals surface area contributed by atoms with E-state index in [1.54, 1.807) is 6.20 Å². The van der Waals surface area contributed by atoms with Crippen molar-refractivity contribution >= 4 is 16.8 Å². The van der Waals surface area contributed by atoms with E-state index in [0.717, 1.165) is 40.0 Å². The van der Waals surface area contributed by atoms with Crippen LogP contribution in [-0.4, -0.2) is 25.7 Å². The standard InChI is InChI=1S/C21H15F3N4O/c22-21(23,24)15-6-7-17(26-11-15)18(29)8-3-13-1-4-14(5-2-13)19-16-9-10-25-20(16)28-12-27-19/h1-2,4-7,9-12H,3,8H2,(H,25,27,28). The van der Waals surface area contributed by atoms with Gasteiger partial charge >= 0.3 is 6.18 Å². The van der Waals surface area contributed by atoms with Crippen molar-refractivity contribution in [2.45, 2.75) is 19.0 Å². The number of hydrogen-bond acceptors (Lipinski definition) is 4. The molecule has 0 amide bonds. The number of ketones is 1. The van der Waals surface area contributed by atoms with Crippen molar-refractivity contribution in [3.05, 3.63) is 78.0 Å². The van der Waals surface area contributed by atoms with Gasteiger partial charge in [0.15, 0.2) is 5.78 Å². The lowest BCUT2D eigenvalue weighted by Crippen LogP contribution is -2.08. The predicted molar refractivity (Wildman–Crippen MR) is 101 cm³/mol. The highest BCUT2D eigenvalue weighted by Crippen LogP contribution is 2.28. The molecule has 0 unspecified atom stereocenters. The molecule has 1 aromatic carbocycles. The van der Waals surface area contributed by atoms with Gasteiger partial charge in [0.25, 0.3) is 0 Å². The highest BCUT2D eigenvalue weighted by Gasteiger charge is 2.30. The maximum atomic E-state index is 12.6. The first-order valence-corrected chi connectivity index (χ1v) is 8.86. The molecule has 3 aromatic heterocycles. The summed E-state index contributed by atoms with van der Waals surface area (Å²) in [5.41, 5.74) is 2.60. The number of aromatic nitrogens is 4. The van der Waals surface area contributed by atoms with E-state index >= 15 is 0 Å². The predicted octanol–water partition coefficient (Wildman–Crippen LogP) is 4.85. The maximum Gasteiger partial charge on any atom is 0.417 e. The van der Waals surface area contributed by atoms with Crippen LogP contribution in [0.5, 0.6) is 0 Å². The van der Waals surface area contributed by atoms with Crippen molar-refractivity contribution in [2.75, 3.05) is 0 Å². The summed E-state index contributed by atoms with van der Waals surface area (Å²) in [5, 5.41) is 0.920. The number of carbonyl (C=O) groups is 1. The highest BCUT2D eigenvalue weighted by atomic mass is 19.4. The molecule has 0 saturated heterocycles. The van der Waals surface area contributed by atoms with Gasteiger partial charge in [-0.2, -0.15) is 13.2 Å². The van der Waals surface area contributed by atoms with Crippen molar-refractivity contribution < 1.29 is 18.0 Å². The van der Waals surface area contributed by atoms with Gasteiger partial charge in [-0.3, -0.25) is 9.78 Å². The van der Waals surface area contributed by atoms with Gasteiger partial charge in [-0.1, -0.05) is 24.3 Å². The van der Waals surface area contributed by atoms with Gasteiger partial charge in [0, 0.05) is 29.8 Å². The summed E-state index contributed by atoms with van der Waals surface area (Å²) in [6.45, 7) is 0. The Hall–Kier alpha value is -3.55. The van der Waals surface area contributed by atoms with Crippen molar-refractivity contribution in [1.29, 1.82) is 0 Å². The van der Waals surface area contributed by atoms with E-state index in [-0.39, 0.29) is 17.9 Å². The van der Waals surface area contributed by atoms with Gasteiger partial charge in [-0.15, -0.1) is 0 Å². The lowest BCUT2D eigenvalue weighted by molar-refractivity contribution is -0.137. The first kappa shape index (κ1) is 18.8. The third kappa shape index (κ3) is 4.01. The summed E-state index contributed by atoms with van der Waals surface area (Å²) in [6, 6.07) is 11.6. The summed E-state index contributed by atoms with van der Waals surface area (Å²) >= 11 is 0. The fourth-order valence-electron chi connectivity index (χ4n) is 3.04. The van der Waals surface area contributed by atoms with E-state index in [2.05, 4.69) is 19.9 Å². The molecule has 146 valence electrons. The zero-order valence-electron chi connectivity index (χ0n) is 15.1. The molecule has 8 heteroatoms. The normalized spacial score (nSPS) is 11.7. The molecule has 0 radical (unpaired) electrons. The molecule has 0 fully saturated rings. The number of halogens is 3. The second-order valence-corrected chi connectivity index (χ2v) is 6.51. The minimum Gasteiger partial charge on any atom is -0.346 e. The number of benzene rings is 1. The maximum absolute atomic E-state index is 12.6. The zero-order valence-corrected chi connectivity index (χ0v) is 15.1. The molecule has 3 heterocycles. The Balaban J connectivity index is 1.43. The van der Waals surface area contributed by atoms with Crippen LogP contribution in [0.15, 0.2) is 61.2 Å². The second-order valence-electron chi connectivity index (χ2n) is 6.51. The number of pyridine rings is 1. The topological polar surface area (TPSA) is 71.5 Å². The Labute approximate surface area is 163 Å². The minimum absolute atomic E-state index is 0.0328.